The maximum absolute atomic E-state index is 10.4. The summed E-state index contributed by atoms with van der Waals surface area (Å²) in [6, 6.07) is 24.8. The van der Waals surface area contributed by atoms with Crippen molar-refractivity contribution in [1.29, 1.82) is 0 Å². The summed E-state index contributed by atoms with van der Waals surface area (Å²) in [7, 11) is 0. The maximum atomic E-state index is 10.4. The van der Waals surface area contributed by atoms with Gasteiger partial charge in [0.2, 0.25) is 0 Å². The molecule has 1 heterocycles. The molecule has 1 aromatic heterocycles. The zero-order valence-electron chi connectivity index (χ0n) is 19.4. The van der Waals surface area contributed by atoms with Gasteiger partial charge in [0.25, 0.3) is 0 Å². The second-order valence-electron chi connectivity index (χ2n) is 7.98. The van der Waals surface area contributed by atoms with Crippen LogP contribution >= 0.6 is 0 Å². The van der Waals surface area contributed by atoms with E-state index in [1.165, 1.54) is 11.1 Å². The highest BCUT2D eigenvalue weighted by atomic mass is 16.3. The lowest BCUT2D eigenvalue weighted by molar-refractivity contribution is 0.187. The molecule has 174 valence electrons. The van der Waals surface area contributed by atoms with E-state index in [4.69, 9.17) is 0 Å². The number of benzene rings is 2. The molecule has 6 nitrogen and oxygen atoms in total. The number of aliphatic imine (C=N–C) groups is 1. The predicted molar refractivity (Wildman–Crippen MR) is 135 cm³/mol. The van der Waals surface area contributed by atoms with Gasteiger partial charge in [-0.15, -0.1) is 0 Å². The van der Waals surface area contributed by atoms with Crippen molar-refractivity contribution in [2.24, 2.45) is 4.99 Å². The Kier molecular flexibility index (Phi) is 10.4. The number of hydrogen-bond acceptors (Lipinski definition) is 4. The number of nitrogens with zero attached hydrogens (tertiary/aromatic N) is 3. The van der Waals surface area contributed by atoms with E-state index in [0.29, 0.717) is 6.54 Å². The minimum atomic E-state index is -0.643. The summed E-state index contributed by atoms with van der Waals surface area (Å²) in [6.45, 7) is 6.72. The van der Waals surface area contributed by atoms with E-state index in [1.54, 1.807) is 12.4 Å². The standard InChI is InChI=1S/C27H35N5O/c1-2-29-27(31-20-26(33)25-14-17-28-18-15-25)30-16-9-19-32(21-23-10-5-3-6-11-23)22-24-12-7-4-8-13-24/h3-8,10-15,17-18,26,33H,2,9,16,19-22H2,1H3,(H2,29,30,31). The van der Waals surface area contributed by atoms with Crippen LogP contribution in [0.3, 0.4) is 0 Å². The van der Waals surface area contributed by atoms with Crippen molar-refractivity contribution in [1.82, 2.24) is 20.5 Å². The minimum Gasteiger partial charge on any atom is -0.386 e. The zero-order valence-corrected chi connectivity index (χ0v) is 19.4. The van der Waals surface area contributed by atoms with Crippen LogP contribution in [0.25, 0.3) is 0 Å². The van der Waals surface area contributed by atoms with Crippen molar-refractivity contribution in [2.45, 2.75) is 32.5 Å². The van der Waals surface area contributed by atoms with Gasteiger partial charge in [0.15, 0.2) is 5.96 Å². The van der Waals surface area contributed by atoms with Gasteiger partial charge in [0, 0.05) is 45.1 Å². The van der Waals surface area contributed by atoms with Gasteiger partial charge in [-0.25, -0.2) is 0 Å². The van der Waals surface area contributed by atoms with Crippen molar-refractivity contribution < 1.29 is 5.11 Å². The average Bonchev–Trinajstić information content (AvgIpc) is 2.86. The second kappa shape index (κ2) is 14.0. The molecule has 3 aromatic rings. The molecule has 3 N–H and O–H groups in total. The summed E-state index contributed by atoms with van der Waals surface area (Å²) in [5, 5.41) is 17.0. The van der Waals surface area contributed by atoms with E-state index in [9.17, 15) is 5.11 Å². The Morgan fingerprint density at radius 2 is 1.52 bits per heavy atom. The van der Waals surface area contributed by atoms with Crippen LogP contribution in [0, 0.1) is 0 Å². The summed E-state index contributed by atoms with van der Waals surface area (Å²) >= 11 is 0. The van der Waals surface area contributed by atoms with Gasteiger partial charge in [0.1, 0.15) is 0 Å². The molecule has 0 amide bonds. The SMILES string of the molecule is CCNC(=NCC(O)c1ccncc1)NCCCN(Cc1ccccc1)Cc1ccccc1. The quantitative estimate of drug-likeness (QED) is 0.225. The van der Waals surface area contributed by atoms with Gasteiger partial charge < -0.3 is 15.7 Å². The summed E-state index contributed by atoms with van der Waals surface area (Å²) in [5.41, 5.74) is 3.46. The smallest absolute Gasteiger partial charge is 0.191 e. The van der Waals surface area contributed by atoms with E-state index in [1.807, 2.05) is 19.1 Å². The summed E-state index contributed by atoms with van der Waals surface area (Å²) < 4.78 is 0. The molecular weight excluding hydrogens is 410 g/mol. The molecule has 2 aromatic carbocycles. The Labute approximate surface area is 197 Å². The second-order valence-corrected chi connectivity index (χ2v) is 7.98. The fourth-order valence-electron chi connectivity index (χ4n) is 3.62. The molecular formula is C27H35N5O. The third-order valence-corrected chi connectivity index (χ3v) is 5.30. The van der Waals surface area contributed by atoms with Crippen LogP contribution in [0.15, 0.2) is 90.2 Å². The van der Waals surface area contributed by atoms with Crippen molar-refractivity contribution in [3.05, 3.63) is 102 Å². The summed E-state index contributed by atoms with van der Waals surface area (Å²) in [6.07, 6.45) is 3.71. The van der Waals surface area contributed by atoms with Crippen LogP contribution in [0.4, 0.5) is 0 Å². The molecule has 0 aliphatic carbocycles. The molecule has 0 saturated heterocycles. The van der Waals surface area contributed by atoms with Crippen molar-refractivity contribution in [3.8, 4) is 0 Å². The van der Waals surface area contributed by atoms with Crippen LogP contribution < -0.4 is 10.6 Å². The van der Waals surface area contributed by atoms with Crippen LogP contribution in [0.5, 0.6) is 0 Å². The lowest BCUT2D eigenvalue weighted by Crippen LogP contribution is -2.39. The first-order valence-electron chi connectivity index (χ1n) is 11.6. The number of aliphatic hydroxyl groups excluding tert-OH is 1. The third kappa shape index (κ3) is 9.04. The lowest BCUT2D eigenvalue weighted by atomic mass is 10.1. The van der Waals surface area contributed by atoms with Gasteiger partial charge in [-0.1, -0.05) is 60.7 Å². The molecule has 0 saturated carbocycles. The third-order valence-electron chi connectivity index (χ3n) is 5.30. The lowest BCUT2D eigenvalue weighted by Gasteiger charge is -2.23. The zero-order chi connectivity index (χ0) is 23.1. The van der Waals surface area contributed by atoms with Crippen LogP contribution in [0.1, 0.15) is 36.1 Å². The molecule has 0 spiro atoms. The average molecular weight is 446 g/mol. The van der Waals surface area contributed by atoms with Crippen LogP contribution in [0.2, 0.25) is 0 Å². The first kappa shape index (κ1) is 24.4. The largest absolute Gasteiger partial charge is 0.386 e. The van der Waals surface area contributed by atoms with Crippen molar-refractivity contribution in [3.63, 3.8) is 0 Å². The van der Waals surface area contributed by atoms with E-state index < -0.39 is 6.10 Å². The molecule has 1 unspecified atom stereocenters. The fourth-order valence-corrected chi connectivity index (χ4v) is 3.62. The van der Waals surface area contributed by atoms with Gasteiger partial charge in [-0.3, -0.25) is 14.9 Å². The maximum Gasteiger partial charge on any atom is 0.191 e. The number of hydrogen-bond donors (Lipinski definition) is 3. The number of aliphatic hydroxyl groups is 1. The Balaban J connectivity index is 1.51. The number of aromatic nitrogens is 1. The van der Waals surface area contributed by atoms with Gasteiger partial charge in [0.05, 0.1) is 12.6 Å². The summed E-state index contributed by atoms with van der Waals surface area (Å²) in [4.78, 5) is 11.0. The Hall–Kier alpha value is -3.22. The first-order valence-corrected chi connectivity index (χ1v) is 11.6. The van der Waals surface area contributed by atoms with Crippen molar-refractivity contribution >= 4 is 5.96 Å². The predicted octanol–water partition coefficient (Wildman–Crippen LogP) is 3.76. The number of guanidine groups is 1. The highest BCUT2D eigenvalue weighted by molar-refractivity contribution is 5.79. The highest BCUT2D eigenvalue weighted by Gasteiger charge is 2.09. The monoisotopic (exact) mass is 445 g/mol. The molecule has 0 aliphatic rings. The molecule has 0 radical (unpaired) electrons. The molecule has 1 atom stereocenters. The molecule has 33 heavy (non-hydrogen) atoms. The van der Waals surface area contributed by atoms with E-state index >= 15 is 0 Å². The highest BCUT2D eigenvalue weighted by Crippen LogP contribution is 2.12. The number of rotatable bonds is 12. The van der Waals surface area contributed by atoms with E-state index in [2.05, 4.69) is 86.2 Å². The molecule has 3 rings (SSSR count). The molecule has 0 aliphatic heterocycles. The topological polar surface area (TPSA) is 72.8 Å². The Morgan fingerprint density at radius 3 is 2.09 bits per heavy atom. The molecule has 0 fully saturated rings. The van der Waals surface area contributed by atoms with E-state index in [0.717, 1.165) is 50.7 Å². The van der Waals surface area contributed by atoms with Crippen molar-refractivity contribution in [2.75, 3.05) is 26.2 Å². The Morgan fingerprint density at radius 1 is 0.909 bits per heavy atom. The molecule has 0 bridgehead atoms. The minimum absolute atomic E-state index is 0.299. The number of pyridine rings is 1. The first-order chi connectivity index (χ1) is 16.2. The van der Waals surface area contributed by atoms with E-state index in [-0.39, 0.29) is 0 Å². The van der Waals surface area contributed by atoms with Crippen LogP contribution in [-0.4, -0.2) is 47.1 Å². The summed E-state index contributed by atoms with van der Waals surface area (Å²) in [5.74, 6) is 0.725. The van der Waals surface area contributed by atoms with Crippen LogP contribution in [-0.2, 0) is 13.1 Å². The Bertz CT molecular complexity index is 893. The van der Waals surface area contributed by atoms with Gasteiger partial charge >= 0.3 is 0 Å². The normalized spacial score (nSPS) is 12.5. The molecule has 6 heteroatoms. The van der Waals surface area contributed by atoms with Gasteiger partial charge in [-0.2, -0.15) is 0 Å². The number of nitrogens with one attached hydrogen (secondary N) is 2. The fraction of sp³-hybridized carbons (Fsp3) is 0.333. The van der Waals surface area contributed by atoms with Gasteiger partial charge in [-0.05, 0) is 42.2 Å².